The number of nitrogens with one attached hydrogen (secondary N) is 1. The lowest BCUT2D eigenvalue weighted by atomic mass is 10.2. The lowest BCUT2D eigenvalue weighted by Gasteiger charge is -2.10. The van der Waals surface area contributed by atoms with Crippen molar-refractivity contribution in [2.45, 2.75) is 5.03 Å². The first-order valence-corrected chi connectivity index (χ1v) is 7.33. The standard InChI is InChI=1S/C12H8ClFN2O4S/c13-7-3-4-8(12(17)18)10(6-7)16-21(19,20)11-9(14)2-1-5-15-11/h1-6,16H,(H,17,18). The normalized spacial score (nSPS) is 11.1. The summed E-state index contributed by atoms with van der Waals surface area (Å²) in [5.74, 6) is -2.41. The van der Waals surface area contributed by atoms with Gasteiger partial charge in [0.25, 0.3) is 10.0 Å². The molecule has 1 heterocycles. The van der Waals surface area contributed by atoms with Gasteiger partial charge in [0, 0.05) is 11.2 Å². The molecule has 1 aromatic heterocycles. The summed E-state index contributed by atoms with van der Waals surface area (Å²) in [5.41, 5.74) is -0.598. The summed E-state index contributed by atoms with van der Waals surface area (Å²) >= 11 is 5.71. The number of carboxylic acid groups (broad SMARTS) is 1. The second kappa shape index (κ2) is 5.66. The van der Waals surface area contributed by atoms with Crippen LogP contribution in [0.4, 0.5) is 10.1 Å². The van der Waals surface area contributed by atoms with Gasteiger partial charge in [-0.1, -0.05) is 11.6 Å². The van der Waals surface area contributed by atoms with Crippen LogP contribution in [-0.4, -0.2) is 24.5 Å². The molecule has 2 aromatic rings. The van der Waals surface area contributed by atoms with Crippen molar-refractivity contribution in [3.63, 3.8) is 0 Å². The van der Waals surface area contributed by atoms with Crippen molar-refractivity contribution in [1.29, 1.82) is 0 Å². The molecular formula is C12H8ClFN2O4S. The van der Waals surface area contributed by atoms with Gasteiger partial charge in [-0.2, -0.15) is 8.42 Å². The van der Waals surface area contributed by atoms with Crippen molar-refractivity contribution < 1.29 is 22.7 Å². The maximum absolute atomic E-state index is 13.5. The molecule has 0 atom stereocenters. The van der Waals surface area contributed by atoms with E-state index in [4.69, 9.17) is 16.7 Å². The van der Waals surface area contributed by atoms with E-state index in [2.05, 4.69) is 4.98 Å². The van der Waals surface area contributed by atoms with E-state index in [9.17, 15) is 17.6 Å². The molecule has 0 aliphatic heterocycles. The number of benzene rings is 1. The summed E-state index contributed by atoms with van der Waals surface area (Å²) in [7, 11) is -4.37. The average molecular weight is 331 g/mol. The van der Waals surface area contributed by atoms with Gasteiger partial charge in [0.1, 0.15) is 0 Å². The van der Waals surface area contributed by atoms with E-state index in [1.807, 2.05) is 4.72 Å². The van der Waals surface area contributed by atoms with E-state index >= 15 is 0 Å². The number of pyridine rings is 1. The molecule has 0 fully saturated rings. The molecule has 0 saturated carbocycles. The van der Waals surface area contributed by atoms with Gasteiger partial charge in [-0.15, -0.1) is 0 Å². The van der Waals surface area contributed by atoms with E-state index in [1.54, 1.807) is 0 Å². The quantitative estimate of drug-likeness (QED) is 0.897. The Kier molecular flexibility index (Phi) is 4.10. The molecule has 0 aliphatic carbocycles. The molecular weight excluding hydrogens is 323 g/mol. The molecule has 2 rings (SSSR count). The average Bonchev–Trinajstić information content (AvgIpc) is 2.38. The van der Waals surface area contributed by atoms with Crippen LogP contribution < -0.4 is 4.72 Å². The van der Waals surface area contributed by atoms with Gasteiger partial charge < -0.3 is 5.11 Å². The molecule has 21 heavy (non-hydrogen) atoms. The lowest BCUT2D eigenvalue weighted by Crippen LogP contribution is -2.18. The van der Waals surface area contributed by atoms with Crippen molar-refractivity contribution in [3.05, 3.63) is 52.9 Å². The van der Waals surface area contributed by atoms with Gasteiger partial charge in [0.2, 0.25) is 5.03 Å². The minimum atomic E-state index is -4.37. The number of hydrogen-bond acceptors (Lipinski definition) is 4. The molecule has 0 amide bonds. The first-order valence-electron chi connectivity index (χ1n) is 5.47. The second-order valence-electron chi connectivity index (χ2n) is 3.89. The van der Waals surface area contributed by atoms with Crippen LogP contribution in [0, 0.1) is 5.82 Å². The number of rotatable bonds is 4. The predicted octanol–water partition coefficient (Wildman–Crippen LogP) is 2.37. The van der Waals surface area contributed by atoms with Crippen molar-refractivity contribution >= 4 is 33.3 Å². The van der Waals surface area contributed by atoms with Crippen molar-refractivity contribution in [2.24, 2.45) is 0 Å². The highest BCUT2D eigenvalue weighted by Gasteiger charge is 2.23. The third-order valence-corrected chi connectivity index (χ3v) is 3.97. The largest absolute Gasteiger partial charge is 0.478 e. The Morgan fingerprint density at radius 3 is 2.67 bits per heavy atom. The highest BCUT2D eigenvalue weighted by atomic mass is 35.5. The van der Waals surface area contributed by atoms with Crippen LogP contribution in [0.5, 0.6) is 0 Å². The summed E-state index contributed by atoms with van der Waals surface area (Å²) in [4.78, 5) is 14.5. The van der Waals surface area contributed by atoms with Gasteiger partial charge in [-0.05, 0) is 30.3 Å². The Balaban J connectivity index is 2.49. The predicted molar refractivity (Wildman–Crippen MR) is 73.4 cm³/mol. The molecule has 0 spiro atoms. The summed E-state index contributed by atoms with van der Waals surface area (Å²) in [6, 6.07) is 5.71. The van der Waals surface area contributed by atoms with Crippen LogP contribution in [0.2, 0.25) is 5.02 Å². The van der Waals surface area contributed by atoms with Crippen LogP contribution in [0.15, 0.2) is 41.6 Å². The van der Waals surface area contributed by atoms with E-state index in [-0.39, 0.29) is 16.3 Å². The molecule has 2 N–H and O–H groups in total. The first-order chi connectivity index (χ1) is 9.81. The monoisotopic (exact) mass is 330 g/mol. The highest BCUT2D eigenvalue weighted by molar-refractivity contribution is 7.92. The van der Waals surface area contributed by atoms with Crippen LogP contribution in [0.3, 0.4) is 0 Å². The molecule has 110 valence electrons. The topological polar surface area (TPSA) is 96.4 Å². The van der Waals surface area contributed by atoms with Crippen molar-refractivity contribution in [3.8, 4) is 0 Å². The summed E-state index contributed by atoms with van der Waals surface area (Å²) in [6.45, 7) is 0. The third-order valence-electron chi connectivity index (χ3n) is 2.44. The number of carbonyl (C=O) groups is 1. The van der Waals surface area contributed by atoms with Crippen LogP contribution >= 0.6 is 11.6 Å². The molecule has 0 saturated heterocycles. The molecule has 0 radical (unpaired) electrons. The minimum Gasteiger partial charge on any atom is -0.478 e. The smallest absolute Gasteiger partial charge is 0.337 e. The lowest BCUT2D eigenvalue weighted by molar-refractivity contribution is 0.0698. The fourth-order valence-electron chi connectivity index (χ4n) is 1.55. The number of carboxylic acids is 1. The van der Waals surface area contributed by atoms with Gasteiger partial charge in [-0.3, -0.25) is 4.72 Å². The van der Waals surface area contributed by atoms with E-state index in [0.29, 0.717) is 0 Å². The zero-order valence-electron chi connectivity index (χ0n) is 10.2. The zero-order chi connectivity index (χ0) is 15.6. The zero-order valence-corrected chi connectivity index (χ0v) is 11.8. The van der Waals surface area contributed by atoms with Gasteiger partial charge in [-0.25, -0.2) is 14.2 Å². The van der Waals surface area contributed by atoms with E-state index < -0.39 is 26.8 Å². The minimum absolute atomic E-state index is 0.124. The summed E-state index contributed by atoms with van der Waals surface area (Å²) in [6.07, 6.45) is 1.10. The molecule has 0 unspecified atom stereocenters. The van der Waals surface area contributed by atoms with Crippen LogP contribution in [0.25, 0.3) is 0 Å². The maximum atomic E-state index is 13.5. The van der Waals surface area contributed by atoms with Crippen molar-refractivity contribution in [2.75, 3.05) is 4.72 Å². The number of aromatic carboxylic acids is 1. The van der Waals surface area contributed by atoms with Crippen LogP contribution in [-0.2, 0) is 10.0 Å². The number of aromatic nitrogens is 1. The van der Waals surface area contributed by atoms with Crippen molar-refractivity contribution in [1.82, 2.24) is 4.98 Å². The third kappa shape index (κ3) is 3.29. The number of sulfonamides is 1. The molecule has 9 heteroatoms. The van der Waals surface area contributed by atoms with E-state index in [1.165, 1.54) is 12.1 Å². The maximum Gasteiger partial charge on any atom is 0.337 e. The Morgan fingerprint density at radius 2 is 2.05 bits per heavy atom. The van der Waals surface area contributed by atoms with Crippen LogP contribution in [0.1, 0.15) is 10.4 Å². The van der Waals surface area contributed by atoms with E-state index in [0.717, 1.165) is 24.4 Å². The summed E-state index contributed by atoms with van der Waals surface area (Å²) < 4.78 is 39.6. The number of anilines is 1. The second-order valence-corrected chi connectivity index (χ2v) is 5.93. The Hall–Kier alpha value is -2.19. The number of nitrogens with zero attached hydrogens (tertiary/aromatic N) is 1. The fourth-order valence-corrected chi connectivity index (χ4v) is 2.80. The SMILES string of the molecule is O=C(O)c1ccc(Cl)cc1NS(=O)(=O)c1ncccc1F. The fraction of sp³-hybridized carbons (Fsp3) is 0. The molecule has 0 bridgehead atoms. The highest BCUT2D eigenvalue weighted by Crippen LogP contribution is 2.24. The van der Waals surface area contributed by atoms with Gasteiger partial charge >= 0.3 is 5.97 Å². The Labute approximate surface area is 124 Å². The molecule has 1 aromatic carbocycles. The summed E-state index contributed by atoms with van der Waals surface area (Å²) in [5, 5.41) is 8.30. The Bertz CT molecular complexity index is 811. The van der Waals surface area contributed by atoms with Gasteiger partial charge in [0.15, 0.2) is 5.82 Å². The van der Waals surface area contributed by atoms with Gasteiger partial charge in [0.05, 0.1) is 11.3 Å². The first kappa shape index (κ1) is 15.2. The number of hydrogen-bond donors (Lipinski definition) is 2. The molecule has 0 aliphatic rings. The Morgan fingerprint density at radius 1 is 1.33 bits per heavy atom. The number of halogens is 2. The molecule has 6 nitrogen and oxygen atoms in total.